The van der Waals surface area contributed by atoms with Gasteiger partial charge in [-0.15, -0.1) is 0 Å². The lowest BCUT2D eigenvalue weighted by atomic mass is 9.86. The molecule has 17 heavy (non-hydrogen) atoms. The second kappa shape index (κ2) is 3.84. The predicted octanol–water partition coefficient (Wildman–Crippen LogP) is 3.62. The molecule has 0 radical (unpaired) electrons. The van der Waals surface area contributed by atoms with E-state index in [9.17, 15) is 0 Å². The van der Waals surface area contributed by atoms with Gasteiger partial charge in [0, 0.05) is 6.04 Å². The van der Waals surface area contributed by atoms with E-state index in [0.717, 1.165) is 17.8 Å². The quantitative estimate of drug-likeness (QED) is 0.813. The summed E-state index contributed by atoms with van der Waals surface area (Å²) in [7, 11) is 0. The first-order valence-corrected chi connectivity index (χ1v) is 7.25. The van der Waals surface area contributed by atoms with Gasteiger partial charge in [0.1, 0.15) is 0 Å². The summed E-state index contributed by atoms with van der Waals surface area (Å²) in [5.74, 6) is 2.77. The molecule has 0 spiro atoms. The van der Waals surface area contributed by atoms with Gasteiger partial charge in [-0.05, 0) is 61.1 Å². The lowest BCUT2D eigenvalue weighted by Gasteiger charge is -2.21. The molecular formula is C16H21N. The van der Waals surface area contributed by atoms with E-state index in [-0.39, 0.29) is 0 Å². The zero-order valence-electron chi connectivity index (χ0n) is 10.4. The molecular weight excluding hydrogens is 206 g/mol. The second-order valence-corrected chi connectivity index (χ2v) is 6.14. The average molecular weight is 227 g/mol. The number of rotatable bonds is 2. The topological polar surface area (TPSA) is 12.0 Å². The van der Waals surface area contributed by atoms with E-state index in [1.54, 1.807) is 11.1 Å². The van der Waals surface area contributed by atoms with Gasteiger partial charge in [0.25, 0.3) is 0 Å². The molecule has 4 rings (SSSR count). The van der Waals surface area contributed by atoms with Crippen molar-refractivity contribution < 1.29 is 0 Å². The molecule has 0 amide bonds. The number of hydrogen-bond donors (Lipinski definition) is 1. The van der Waals surface area contributed by atoms with Crippen LogP contribution in [0.25, 0.3) is 0 Å². The fraction of sp³-hybridized carbons (Fsp3) is 0.625. The second-order valence-electron chi connectivity index (χ2n) is 6.14. The summed E-state index contributed by atoms with van der Waals surface area (Å²) in [6.45, 7) is 1.26. The van der Waals surface area contributed by atoms with Crippen LogP contribution in [0.4, 0.5) is 0 Å². The highest BCUT2D eigenvalue weighted by atomic mass is 15.0. The van der Waals surface area contributed by atoms with Crippen molar-refractivity contribution in [3.63, 3.8) is 0 Å². The van der Waals surface area contributed by atoms with Crippen molar-refractivity contribution in [2.45, 2.75) is 44.1 Å². The Kier molecular flexibility index (Phi) is 2.29. The van der Waals surface area contributed by atoms with Gasteiger partial charge in [0.15, 0.2) is 0 Å². The van der Waals surface area contributed by atoms with Gasteiger partial charge in [-0.3, -0.25) is 0 Å². The summed E-state index contributed by atoms with van der Waals surface area (Å²) in [5, 5.41) is 3.80. The van der Waals surface area contributed by atoms with Crippen LogP contribution in [0.5, 0.6) is 0 Å². The monoisotopic (exact) mass is 227 g/mol. The van der Waals surface area contributed by atoms with Crippen LogP contribution in [-0.4, -0.2) is 6.54 Å². The van der Waals surface area contributed by atoms with E-state index in [1.807, 2.05) is 0 Å². The van der Waals surface area contributed by atoms with E-state index in [2.05, 4.69) is 29.6 Å². The molecule has 1 aromatic carbocycles. The van der Waals surface area contributed by atoms with E-state index >= 15 is 0 Å². The molecule has 1 aliphatic heterocycles. The zero-order valence-corrected chi connectivity index (χ0v) is 10.4. The van der Waals surface area contributed by atoms with Crippen molar-refractivity contribution >= 4 is 0 Å². The Morgan fingerprint density at radius 2 is 1.76 bits per heavy atom. The third-order valence-electron chi connectivity index (χ3n) is 5.09. The summed E-state index contributed by atoms with van der Waals surface area (Å²) in [5.41, 5.74) is 3.28. The van der Waals surface area contributed by atoms with Gasteiger partial charge in [0.2, 0.25) is 0 Å². The van der Waals surface area contributed by atoms with Crippen molar-refractivity contribution in [2.75, 3.05) is 6.54 Å². The van der Waals surface area contributed by atoms with E-state index in [1.165, 1.54) is 38.6 Å². The van der Waals surface area contributed by atoms with Crippen LogP contribution in [0.2, 0.25) is 0 Å². The van der Waals surface area contributed by atoms with Crippen molar-refractivity contribution in [3.05, 3.63) is 35.4 Å². The molecule has 1 saturated heterocycles. The third kappa shape index (κ3) is 1.63. The SMILES string of the molecule is c1ccc(C2NCC3CCCC32)c(C2CC2)c1. The zero-order chi connectivity index (χ0) is 11.2. The standard InChI is InChI=1S/C16H21N/c1-2-6-15(13(5-1)11-8-9-11)16-14-7-3-4-12(14)10-17-16/h1-2,5-6,11-12,14,16-17H,3-4,7-10H2. The highest BCUT2D eigenvalue weighted by molar-refractivity contribution is 5.36. The number of benzene rings is 1. The summed E-state index contributed by atoms with van der Waals surface area (Å²) in [6, 6.07) is 9.87. The van der Waals surface area contributed by atoms with Crippen LogP contribution >= 0.6 is 0 Å². The van der Waals surface area contributed by atoms with Crippen molar-refractivity contribution in [3.8, 4) is 0 Å². The fourth-order valence-electron chi connectivity index (χ4n) is 4.09. The van der Waals surface area contributed by atoms with Gasteiger partial charge in [-0.1, -0.05) is 30.7 Å². The lowest BCUT2D eigenvalue weighted by molar-refractivity contribution is 0.420. The van der Waals surface area contributed by atoms with Crippen LogP contribution in [-0.2, 0) is 0 Å². The van der Waals surface area contributed by atoms with Gasteiger partial charge in [0.05, 0.1) is 0 Å². The van der Waals surface area contributed by atoms with Crippen LogP contribution in [0.15, 0.2) is 24.3 Å². The Balaban J connectivity index is 1.69. The average Bonchev–Trinajstić information content (AvgIpc) is 2.97. The Morgan fingerprint density at radius 3 is 2.59 bits per heavy atom. The van der Waals surface area contributed by atoms with Crippen LogP contribution in [0.3, 0.4) is 0 Å². The van der Waals surface area contributed by atoms with Gasteiger partial charge in [-0.25, -0.2) is 0 Å². The first kappa shape index (κ1) is 10.1. The summed E-state index contributed by atoms with van der Waals surface area (Å²) < 4.78 is 0. The number of fused-ring (bicyclic) bond motifs is 1. The predicted molar refractivity (Wildman–Crippen MR) is 70.0 cm³/mol. The molecule has 1 heterocycles. The van der Waals surface area contributed by atoms with E-state index in [0.29, 0.717) is 6.04 Å². The maximum atomic E-state index is 3.80. The van der Waals surface area contributed by atoms with Crippen LogP contribution in [0, 0.1) is 11.8 Å². The van der Waals surface area contributed by atoms with Gasteiger partial charge >= 0.3 is 0 Å². The highest BCUT2D eigenvalue weighted by Crippen LogP contribution is 2.49. The maximum absolute atomic E-state index is 3.80. The fourth-order valence-corrected chi connectivity index (χ4v) is 4.09. The van der Waals surface area contributed by atoms with Crippen molar-refractivity contribution in [1.29, 1.82) is 0 Å². The minimum absolute atomic E-state index is 0.666. The van der Waals surface area contributed by atoms with E-state index < -0.39 is 0 Å². The normalized spacial score (nSPS) is 36.1. The number of hydrogen-bond acceptors (Lipinski definition) is 1. The number of nitrogens with one attached hydrogen (secondary N) is 1. The summed E-state index contributed by atoms with van der Waals surface area (Å²) >= 11 is 0. The van der Waals surface area contributed by atoms with Crippen molar-refractivity contribution in [2.24, 2.45) is 11.8 Å². The van der Waals surface area contributed by atoms with Gasteiger partial charge < -0.3 is 5.32 Å². The molecule has 1 nitrogen and oxygen atoms in total. The Hall–Kier alpha value is -0.820. The Bertz CT molecular complexity index is 421. The van der Waals surface area contributed by atoms with E-state index in [4.69, 9.17) is 0 Å². The van der Waals surface area contributed by atoms with Gasteiger partial charge in [-0.2, -0.15) is 0 Å². The Labute approximate surface area is 104 Å². The molecule has 3 atom stereocenters. The molecule has 0 bridgehead atoms. The smallest absolute Gasteiger partial charge is 0.0354 e. The Morgan fingerprint density at radius 1 is 0.941 bits per heavy atom. The molecule has 90 valence electrons. The first-order valence-electron chi connectivity index (χ1n) is 7.25. The molecule has 2 saturated carbocycles. The van der Waals surface area contributed by atoms with Crippen LogP contribution in [0.1, 0.15) is 55.2 Å². The highest BCUT2D eigenvalue weighted by Gasteiger charge is 2.41. The minimum Gasteiger partial charge on any atom is -0.309 e. The minimum atomic E-state index is 0.666. The maximum Gasteiger partial charge on any atom is 0.0354 e. The molecule has 2 aliphatic carbocycles. The summed E-state index contributed by atoms with van der Waals surface area (Å²) in [4.78, 5) is 0. The lowest BCUT2D eigenvalue weighted by Crippen LogP contribution is -2.19. The molecule has 1 N–H and O–H groups in total. The van der Waals surface area contributed by atoms with Crippen LogP contribution < -0.4 is 5.32 Å². The summed E-state index contributed by atoms with van der Waals surface area (Å²) in [6.07, 6.45) is 7.19. The molecule has 3 unspecified atom stereocenters. The molecule has 3 fully saturated rings. The molecule has 1 aromatic rings. The van der Waals surface area contributed by atoms with Crippen molar-refractivity contribution in [1.82, 2.24) is 5.32 Å². The largest absolute Gasteiger partial charge is 0.309 e. The first-order chi connectivity index (χ1) is 8.43. The molecule has 3 aliphatic rings. The molecule has 1 heteroatoms. The molecule has 0 aromatic heterocycles. The third-order valence-corrected chi connectivity index (χ3v) is 5.09.